The van der Waals surface area contributed by atoms with E-state index in [-0.39, 0.29) is 23.1 Å². The summed E-state index contributed by atoms with van der Waals surface area (Å²) in [6.07, 6.45) is 1.44. The van der Waals surface area contributed by atoms with Gasteiger partial charge in [0, 0.05) is 18.3 Å². The lowest BCUT2D eigenvalue weighted by Gasteiger charge is -2.15. The van der Waals surface area contributed by atoms with E-state index in [1.807, 2.05) is 0 Å². The zero-order chi connectivity index (χ0) is 19.6. The van der Waals surface area contributed by atoms with E-state index in [0.717, 1.165) is 6.42 Å². The third-order valence-corrected chi connectivity index (χ3v) is 6.07. The van der Waals surface area contributed by atoms with Crippen LogP contribution in [-0.2, 0) is 26.0 Å². The molecular formula is C17H20N4O4S2. The van der Waals surface area contributed by atoms with Gasteiger partial charge in [0.05, 0.1) is 23.1 Å². The van der Waals surface area contributed by atoms with Crippen LogP contribution in [-0.4, -0.2) is 31.8 Å². The average molecular weight is 409 g/mol. The predicted molar refractivity (Wildman–Crippen MR) is 102 cm³/mol. The number of nitrogens with one attached hydrogen (secondary N) is 1. The molecule has 3 rings (SSSR count). The standard InChI is InChI=1S/C17H20N4O4S2/c1-11(12-4-2-5-14(8-12)27(18,24)25)19-15(22)9-13-10-26-17(20-13)21-7-3-6-16(21)23/h2,4-5,8,10-11H,3,6-7,9H2,1H3,(H,19,22)(H2,18,24,25)/t11-/m0/s1. The Kier molecular flexibility index (Phi) is 5.59. The summed E-state index contributed by atoms with van der Waals surface area (Å²) in [6, 6.07) is 5.76. The molecule has 0 unspecified atom stereocenters. The molecule has 10 heteroatoms. The van der Waals surface area contributed by atoms with Crippen molar-refractivity contribution in [3.05, 3.63) is 40.9 Å². The van der Waals surface area contributed by atoms with Crippen molar-refractivity contribution in [1.29, 1.82) is 0 Å². The Balaban J connectivity index is 1.62. The summed E-state index contributed by atoms with van der Waals surface area (Å²) >= 11 is 1.35. The van der Waals surface area contributed by atoms with Gasteiger partial charge in [0.25, 0.3) is 0 Å². The first-order valence-electron chi connectivity index (χ1n) is 8.41. The highest BCUT2D eigenvalue weighted by molar-refractivity contribution is 7.89. The molecule has 1 atom stereocenters. The second-order valence-electron chi connectivity index (χ2n) is 6.35. The van der Waals surface area contributed by atoms with E-state index in [4.69, 9.17) is 5.14 Å². The lowest BCUT2D eigenvalue weighted by atomic mass is 10.1. The van der Waals surface area contributed by atoms with Crippen molar-refractivity contribution in [2.24, 2.45) is 5.14 Å². The van der Waals surface area contributed by atoms with Gasteiger partial charge in [0.15, 0.2) is 5.13 Å². The fourth-order valence-electron chi connectivity index (χ4n) is 2.85. The summed E-state index contributed by atoms with van der Waals surface area (Å²) < 4.78 is 22.9. The molecule has 0 aliphatic carbocycles. The van der Waals surface area contributed by atoms with Crippen LogP contribution < -0.4 is 15.4 Å². The van der Waals surface area contributed by atoms with Gasteiger partial charge in [-0.1, -0.05) is 12.1 Å². The number of carbonyl (C=O) groups excluding carboxylic acids is 2. The van der Waals surface area contributed by atoms with Crippen molar-refractivity contribution < 1.29 is 18.0 Å². The van der Waals surface area contributed by atoms with E-state index in [2.05, 4.69) is 10.3 Å². The molecule has 0 spiro atoms. The molecule has 8 nitrogen and oxygen atoms in total. The smallest absolute Gasteiger partial charge is 0.238 e. The fourth-order valence-corrected chi connectivity index (χ4v) is 4.29. The van der Waals surface area contributed by atoms with Gasteiger partial charge in [0.2, 0.25) is 21.8 Å². The van der Waals surface area contributed by atoms with Crippen LogP contribution in [0.1, 0.15) is 37.1 Å². The number of thiazole rings is 1. The lowest BCUT2D eigenvalue weighted by molar-refractivity contribution is -0.121. The third kappa shape index (κ3) is 4.71. The molecular weight excluding hydrogens is 388 g/mol. The van der Waals surface area contributed by atoms with Gasteiger partial charge in [-0.3, -0.25) is 14.5 Å². The molecule has 0 radical (unpaired) electrons. The lowest BCUT2D eigenvalue weighted by Crippen LogP contribution is -2.28. The van der Waals surface area contributed by atoms with Crippen molar-refractivity contribution >= 4 is 38.3 Å². The van der Waals surface area contributed by atoms with Crippen LogP contribution in [0.15, 0.2) is 34.5 Å². The molecule has 2 aromatic rings. The van der Waals surface area contributed by atoms with Crippen molar-refractivity contribution in [2.75, 3.05) is 11.4 Å². The van der Waals surface area contributed by atoms with Gasteiger partial charge < -0.3 is 5.32 Å². The minimum atomic E-state index is -3.80. The van der Waals surface area contributed by atoms with Crippen LogP contribution in [0.25, 0.3) is 0 Å². The number of primary sulfonamides is 1. The first kappa shape index (κ1) is 19.5. The highest BCUT2D eigenvalue weighted by atomic mass is 32.2. The van der Waals surface area contributed by atoms with Crippen LogP contribution in [0.5, 0.6) is 0 Å². The second kappa shape index (κ2) is 7.75. The number of amides is 2. The number of rotatable bonds is 6. The van der Waals surface area contributed by atoms with Crippen LogP contribution in [0, 0.1) is 0 Å². The Morgan fingerprint density at radius 2 is 2.22 bits per heavy atom. The van der Waals surface area contributed by atoms with Gasteiger partial charge in [-0.2, -0.15) is 0 Å². The molecule has 1 fully saturated rings. The largest absolute Gasteiger partial charge is 0.349 e. The summed E-state index contributed by atoms with van der Waals surface area (Å²) in [5, 5.41) is 10.4. The van der Waals surface area contributed by atoms with Crippen molar-refractivity contribution in [3.63, 3.8) is 0 Å². The average Bonchev–Trinajstić information content (AvgIpc) is 3.22. The molecule has 27 heavy (non-hydrogen) atoms. The molecule has 1 aliphatic rings. The van der Waals surface area contributed by atoms with Gasteiger partial charge in [-0.25, -0.2) is 18.5 Å². The van der Waals surface area contributed by atoms with Crippen LogP contribution >= 0.6 is 11.3 Å². The fraction of sp³-hybridized carbons (Fsp3) is 0.353. The second-order valence-corrected chi connectivity index (χ2v) is 8.75. The monoisotopic (exact) mass is 408 g/mol. The molecule has 2 heterocycles. The molecule has 0 bridgehead atoms. The summed E-state index contributed by atoms with van der Waals surface area (Å²) in [7, 11) is -3.80. The molecule has 144 valence electrons. The minimum absolute atomic E-state index is 0.000484. The van der Waals surface area contributed by atoms with E-state index >= 15 is 0 Å². The Bertz CT molecular complexity index is 971. The Morgan fingerprint density at radius 3 is 2.89 bits per heavy atom. The number of benzene rings is 1. The minimum Gasteiger partial charge on any atom is -0.349 e. The molecule has 2 amide bonds. The number of hydrogen-bond acceptors (Lipinski definition) is 6. The number of aromatic nitrogens is 1. The Labute approximate surface area is 161 Å². The first-order valence-corrected chi connectivity index (χ1v) is 10.8. The van der Waals surface area contributed by atoms with Crippen LogP contribution in [0.4, 0.5) is 5.13 Å². The quantitative estimate of drug-likeness (QED) is 0.747. The molecule has 1 aromatic heterocycles. The Morgan fingerprint density at radius 1 is 1.44 bits per heavy atom. The van der Waals surface area contributed by atoms with Crippen molar-refractivity contribution in [2.45, 2.75) is 37.1 Å². The normalized spacial score (nSPS) is 15.8. The van der Waals surface area contributed by atoms with E-state index in [1.165, 1.54) is 23.5 Å². The zero-order valence-electron chi connectivity index (χ0n) is 14.7. The van der Waals surface area contributed by atoms with Gasteiger partial charge in [0.1, 0.15) is 0 Å². The van der Waals surface area contributed by atoms with Crippen LogP contribution in [0.2, 0.25) is 0 Å². The molecule has 1 aliphatic heterocycles. The van der Waals surface area contributed by atoms with E-state index in [1.54, 1.807) is 29.3 Å². The number of carbonyl (C=O) groups is 2. The summed E-state index contributed by atoms with van der Waals surface area (Å²) in [5.41, 5.74) is 1.23. The van der Waals surface area contributed by atoms with Gasteiger partial charge in [-0.05, 0) is 31.0 Å². The predicted octanol–water partition coefficient (Wildman–Crippen LogP) is 1.34. The highest BCUT2D eigenvalue weighted by Gasteiger charge is 2.24. The van der Waals surface area contributed by atoms with E-state index < -0.39 is 16.1 Å². The molecule has 1 aromatic carbocycles. The SMILES string of the molecule is C[C@H](NC(=O)Cc1csc(N2CCCC2=O)n1)c1cccc(S(N)(=O)=O)c1. The summed E-state index contributed by atoms with van der Waals surface area (Å²) in [6.45, 7) is 2.42. The maximum Gasteiger partial charge on any atom is 0.238 e. The van der Waals surface area contributed by atoms with Crippen molar-refractivity contribution in [1.82, 2.24) is 10.3 Å². The van der Waals surface area contributed by atoms with E-state index in [9.17, 15) is 18.0 Å². The molecule has 1 saturated heterocycles. The summed E-state index contributed by atoms with van der Waals surface area (Å²) in [4.78, 5) is 30.1. The number of anilines is 1. The number of nitrogens with two attached hydrogens (primary N) is 1. The van der Waals surface area contributed by atoms with E-state index in [0.29, 0.717) is 29.4 Å². The number of nitrogens with zero attached hydrogens (tertiary/aromatic N) is 2. The number of sulfonamides is 1. The maximum atomic E-state index is 12.3. The van der Waals surface area contributed by atoms with Gasteiger partial charge in [-0.15, -0.1) is 11.3 Å². The topological polar surface area (TPSA) is 122 Å². The number of hydrogen-bond donors (Lipinski definition) is 2. The van der Waals surface area contributed by atoms with Crippen LogP contribution in [0.3, 0.4) is 0 Å². The summed E-state index contributed by atoms with van der Waals surface area (Å²) in [5.74, 6) is -0.184. The Hall–Kier alpha value is -2.30. The molecule has 3 N–H and O–H groups in total. The molecule has 0 saturated carbocycles. The van der Waals surface area contributed by atoms with Gasteiger partial charge >= 0.3 is 0 Å². The maximum absolute atomic E-state index is 12.3. The van der Waals surface area contributed by atoms with Crippen molar-refractivity contribution in [3.8, 4) is 0 Å². The first-order chi connectivity index (χ1) is 12.7. The third-order valence-electron chi connectivity index (χ3n) is 4.25. The zero-order valence-corrected chi connectivity index (χ0v) is 16.3. The highest BCUT2D eigenvalue weighted by Crippen LogP contribution is 2.25.